The number of hydrogen-bond acceptors (Lipinski definition) is 3. The van der Waals surface area contributed by atoms with Crippen LogP contribution in [0.25, 0.3) is 22.5 Å². The third-order valence-electron chi connectivity index (χ3n) is 4.57. The Morgan fingerprint density at radius 3 is 2.20 bits per heavy atom. The zero-order valence-electron chi connectivity index (χ0n) is 14.7. The number of imidazole rings is 1. The molecule has 25 heavy (non-hydrogen) atoms. The van der Waals surface area contributed by atoms with Gasteiger partial charge in [0.15, 0.2) is 0 Å². The third kappa shape index (κ3) is 3.45. The number of hydrogen-bond donors (Lipinski definition) is 2. The summed E-state index contributed by atoms with van der Waals surface area (Å²) in [6.45, 7) is 6.53. The van der Waals surface area contributed by atoms with Crippen molar-refractivity contribution in [2.75, 3.05) is 0 Å². The molecular formula is C20H22N4O. The molecule has 0 spiro atoms. The summed E-state index contributed by atoms with van der Waals surface area (Å²) in [5.41, 5.74) is 9.61. The van der Waals surface area contributed by atoms with Gasteiger partial charge in [0.2, 0.25) is 5.91 Å². The molecule has 0 bridgehead atoms. The summed E-state index contributed by atoms with van der Waals surface area (Å²) in [4.78, 5) is 23.7. The van der Waals surface area contributed by atoms with Crippen LogP contribution in [0.1, 0.15) is 42.9 Å². The van der Waals surface area contributed by atoms with Gasteiger partial charge in [0.25, 0.3) is 0 Å². The summed E-state index contributed by atoms with van der Waals surface area (Å²) in [5, 5.41) is 0. The monoisotopic (exact) mass is 334 g/mol. The van der Waals surface area contributed by atoms with E-state index in [-0.39, 0.29) is 0 Å². The second-order valence-electron chi connectivity index (χ2n) is 6.56. The number of pyridine rings is 1. The number of rotatable bonds is 5. The fourth-order valence-electron chi connectivity index (χ4n) is 2.65. The molecule has 3 N–H and O–H groups in total. The van der Waals surface area contributed by atoms with Gasteiger partial charge in [0, 0.05) is 35.0 Å². The number of primary amides is 1. The Morgan fingerprint density at radius 2 is 1.64 bits per heavy atom. The van der Waals surface area contributed by atoms with E-state index in [2.05, 4.69) is 30.7 Å². The first-order chi connectivity index (χ1) is 12.0. The molecule has 1 amide bonds. The van der Waals surface area contributed by atoms with Crippen LogP contribution in [0.3, 0.4) is 0 Å². The molecule has 2 heterocycles. The van der Waals surface area contributed by atoms with Gasteiger partial charge in [-0.3, -0.25) is 9.78 Å². The summed E-state index contributed by atoms with van der Waals surface area (Å²) < 4.78 is 0. The van der Waals surface area contributed by atoms with Crippen LogP contribution in [0.15, 0.2) is 48.8 Å². The molecule has 3 aromatic rings. The van der Waals surface area contributed by atoms with Gasteiger partial charge in [-0.2, -0.15) is 0 Å². The normalized spacial score (nSPS) is 12.3. The first-order valence-electron chi connectivity index (χ1n) is 8.38. The number of carbonyl (C=O) groups excluding carboxylic acids is 1. The lowest BCUT2D eigenvalue weighted by Gasteiger charge is -2.11. The molecule has 1 aromatic carbocycles. The highest BCUT2D eigenvalue weighted by Crippen LogP contribution is 2.33. The van der Waals surface area contributed by atoms with Gasteiger partial charge in [0.05, 0.1) is 11.4 Å². The van der Waals surface area contributed by atoms with Crippen molar-refractivity contribution < 1.29 is 4.79 Å². The Labute approximate surface area is 147 Å². The van der Waals surface area contributed by atoms with Crippen LogP contribution in [0.4, 0.5) is 0 Å². The van der Waals surface area contributed by atoms with E-state index >= 15 is 0 Å². The van der Waals surface area contributed by atoms with Crippen LogP contribution in [0, 0.1) is 5.92 Å². The van der Waals surface area contributed by atoms with Crippen LogP contribution in [-0.4, -0.2) is 20.9 Å². The summed E-state index contributed by atoms with van der Waals surface area (Å²) in [5.74, 6) is 1.30. The first kappa shape index (κ1) is 16.9. The van der Waals surface area contributed by atoms with Crippen molar-refractivity contribution in [2.24, 2.45) is 11.7 Å². The van der Waals surface area contributed by atoms with E-state index in [1.165, 1.54) is 0 Å². The van der Waals surface area contributed by atoms with Crippen LogP contribution in [-0.2, 0) is 0 Å². The van der Waals surface area contributed by atoms with Crippen molar-refractivity contribution >= 4 is 5.91 Å². The van der Waals surface area contributed by atoms with Crippen LogP contribution < -0.4 is 5.73 Å². The lowest BCUT2D eigenvalue weighted by Crippen LogP contribution is -2.10. The molecule has 0 aliphatic heterocycles. The van der Waals surface area contributed by atoms with E-state index < -0.39 is 5.91 Å². The molecule has 5 nitrogen and oxygen atoms in total. The average molecular weight is 334 g/mol. The minimum absolute atomic E-state index is 0.305. The maximum atomic E-state index is 11.3. The lowest BCUT2D eigenvalue weighted by atomic mass is 9.98. The topological polar surface area (TPSA) is 84.7 Å². The molecule has 0 saturated heterocycles. The molecule has 3 rings (SSSR count). The minimum atomic E-state index is -0.433. The van der Waals surface area contributed by atoms with E-state index in [0.29, 0.717) is 17.4 Å². The van der Waals surface area contributed by atoms with Crippen molar-refractivity contribution in [3.8, 4) is 22.5 Å². The van der Waals surface area contributed by atoms with Gasteiger partial charge in [-0.05, 0) is 30.2 Å². The van der Waals surface area contributed by atoms with Crippen molar-refractivity contribution in [2.45, 2.75) is 26.7 Å². The largest absolute Gasteiger partial charge is 0.366 e. The van der Waals surface area contributed by atoms with Crippen LogP contribution >= 0.6 is 0 Å². The molecule has 2 aromatic heterocycles. The summed E-state index contributed by atoms with van der Waals surface area (Å²) >= 11 is 0. The third-order valence-corrected chi connectivity index (χ3v) is 4.57. The maximum Gasteiger partial charge on any atom is 0.248 e. The van der Waals surface area contributed by atoms with E-state index in [1.54, 1.807) is 24.5 Å². The molecular weight excluding hydrogens is 312 g/mol. The van der Waals surface area contributed by atoms with Gasteiger partial charge in [0.1, 0.15) is 5.82 Å². The Hall–Kier alpha value is -2.95. The smallest absolute Gasteiger partial charge is 0.248 e. The molecule has 5 heteroatoms. The standard InChI is InChI=1S/C20H22N4O/c1-12(2)13(3)20-23-17(14-4-6-16(7-5-14)19(21)25)18(24-20)15-8-10-22-11-9-15/h4-13H,1-3H3,(H2,21,25)(H,23,24). The average Bonchev–Trinajstić information content (AvgIpc) is 3.07. The fraction of sp³-hybridized carbons (Fsp3) is 0.250. The van der Waals surface area contributed by atoms with Crippen molar-refractivity contribution in [3.63, 3.8) is 0 Å². The number of nitrogens with two attached hydrogens (primary N) is 1. The number of amides is 1. The number of H-pyrrole nitrogens is 1. The molecule has 0 aliphatic carbocycles. The highest BCUT2D eigenvalue weighted by molar-refractivity contribution is 5.93. The predicted octanol–water partition coefficient (Wildman–Crippen LogP) is 4.00. The SMILES string of the molecule is CC(C)C(C)c1nc(-c2ccc(C(N)=O)cc2)c(-c2ccncc2)[nH]1. The van der Waals surface area contributed by atoms with Crippen molar-refractivity contribution in [1.82, 2.24) is 15.0 Å². The van der Waals surface area contributed by atoms with Crippen LogP contribution in [0.5, 0.6) is 0 Å². The Bertz CT molecular complexity index is 866. The van der Waals surface area contributed by atoms with Gasteiger partial charge in [-0.25, -0.2) is 4.98 Å². The number of aromatic amines is 1. The highest BCUT2D eigenvalue weighted by atomic mass is 16.1. The predicted molar refractivity (Wildman–Crippen MR) is 99.0 cm³/mol. The number of benzene rings is 1. The second-order valence-corrected chi connectivity index (χ2v) is 6.56. The van der Waals surface area contributed by atoms with Gasteiger partial charge in [-0.15, -0.1) is 0 Å². The van der Waals surface area contributed by atoms with Crippen LogP contribution in [0.2, 0.25) is 0 Å². The zero-order chi connectivity index (χ0) is 18.0. The molecule has 0 fully saturated rings. The molecule has 0 aliphatic rings. The summed E-state index contributed by atoms with van der Waals surface area (Å²) in [6.07, 6.45) is 3.53. The summed E-state index contributed by atoms with van der Waals surface area (Å²) in [7, 11) is 0. The number of nitrogens with one attached hydrogen (secondary N) is 1. The number of carbonyl (C=O) groups is 1. The molecule has 0 radical (unpaired) electrons. The van der Waals surface area contributed by atoms with Gasteiger partial charge in [-0.1, -0.05) is 32.9 Å². The van der Waals surface area contributed by atoms with E-state index in [1.807, 2.05) is 24.3 Å². The Morgan fingerprint density at radius 1 is 1.00 bits per heavy atom. The van der Waals surface area contributed by atoms with Gasteiger partial charge < -0.3 is 10.7 Å². The van der Waals surface area contributed by atoms with E-state index in [0.717, 1.165) is 28.3 Å². The zero-order valence-corrected chi connectivity index (χ0v) is 14.7. The maximum absolute atomic E-state index is 11.3. The lowest BCUT2D eigenvalue weighted by molar-refractivity contribution is 0.100. The number of aromatic nitrogens is 3. The van der Waals surface area contributed by atoms with Gasteiger partial charge >= 0.3 is 0 Å². The molecule has 1 atom stereocenters. The molecule has 128 valence electrons. The molecule has 1 unspecified atom stereocenters. The highest BCUT2D eigenvalue weighted by Gasteiger charge is 2.19. The van der Waals surface area contributed by atoms with Crippen molar-refractivity contribution in [3.05, 3.63) is 60.2 Å². The Balaban J connectivity index is 2.12. The Kier molecular flexibility index (Phi) is 4.65. The minimum Gasteiger partial charge on any atom is -0.366 e. The van der Waals surface area contributed by atoms with E-state index in [9.17, 15) is 4.79 Å². The first-order valence-corrected chi connectivity index (χ1v) is 8.38. The van der Waals surface area contributed by atoms with Crippen molar-refractivity contribution in [1.29, 1.82) is 0 Å². The quantitative estimate of drug-likeness (QED) is 0.739. The number of nitrogens with zero attached hydrogens (tertiary/aromatic N) is 2. The second kappa shape index (κ2) is 6.89. The fourth-order valence-corrected chi connectivity index (χ4v) is 2.65. The summed E-state index contributed by atoms with van der Waals surface area (Å²) in [6, 6.07) is 11.1. The van der Waals surface area contributed by atoms with E-state index in [4.69, 9.17) is 10.7 Å². The molecule has 0 saturated carbocycles.